The molecule has 0 bridgehead atoms. The molecule has 106 valence electrons. The molecule has 2 heterocycles. The summed E-state index contributed by atoms with van der Waals surface area (Å²) in [5, 5.41) is 14.5. The molecule has 0 amide bonds. The Kier molecular flexibility index (Phi) is 3.49. The third kappa shape index (κ3) is 2.43. The van der Waals surface area contributed by atoms with Crippen LogP contribution in [-0.4, -0.2) is 21.5 Å². The maximum absolute atomic E-state index is 10.3. The van der Waals surface area contributed by atoms with Gasteiger partial charge in [-0.3, -0.25) is 4.68 Å². The number of aliphatic hydroxyl groups is 1. The van der Waals surface area contributed by atoms with Crippen LogP contribution in [0.15, 0.2) is 24.4 Å². The molecule has 1 N–H and O–H groups in total. The van der Waals surface area contributed by atoms with Crippen molar-refractivity contribution in [3.63, 3.8) is 0 Å². The molecule has 1 aromatic heterocycles. The first-order chi connectivity index (χ1) is 9.65. The molecular weight excluding hydrogens is 252 g/mol. The van der Waals surface area contributed by atoms with E-state index in [2.05, 4.69) is 17.2 Å². The molecule has 4 nitrogen and oxygen atoms in total. The number of aromatic nitrogens is 2. The van der Waals surface area contributed by atoms with Crippen LogP contribution in [0.3, 0.4) is 0 Å². The summed E-state index contributed by atoms with van der Waals surface area (Å²) in [7, 11) is 1.89. The first kappa shape index (κ1) is 13.2. The molecule has 1 aliphatic rings. The molecule has 1 aliphatic heterocycles. The lowest BCUT2D eigenvalue weighted by atomic mass is 10.00. The lowest BCUT2D eigenvalue weighted by Crippen LogP contribution is -2.02. The fourth-order valence-corrected chi connectivity index (χ4v) is 2.70. The molecule has 0 radical (unpaired) electrons. The van der Waals surface area contributed by atoms with E-state index >= 15 is 0 Å². The van der Waals surface area contributed by atoms with Crippen LogP contribution in [0.25, 0.3) is 0 Å². The van der Waals surface area contributed by atoms with Crippen molar-refractivity contribution in [2.45, 2.75) is 32.3 Å². The molecule has 20 heavy (non-hydrogen) atoms. The Morgan fingerprint density at radius 3 is 3.05 bits per heavy atom. The van der Waals surface area contributed by atoms with Crippen LogP contribution in [0.5, 0.6) is 5.75 Å². The van der Waals surface area contributed by atoms with Crippen LogP contribution < -0.4 is 4.74 Å². The average Bonchev–Trinajstić information content (AvgIpc) is 3.03. The highest BCUT2D eigenvalue weighted by atomic mass is 16.5. The number of hydrogen-bond donors (Lipinski definition) is 1. The van der Waals surface area contributed by atoms with Gasteiger partial charge < -0.3 is 9.84 Å². The van der Waals surface area contributed by atoms with Crippen molar-refractivity contribution < 1.29 is 9.84 Å². The molecular formula is C16H20N2O2. The van der Waals surface area contributed by atoms with Crippen molar-refractivity contribution in [1.29, 1.82) is 0 Å². The summed E-state index contributed by atoms with van der Waals surface area (Å²) in [4.78, 5) is 0. The van der Waals surface area contributed by atoms with Crippen LogP contribution in [0.1, 0.15) is 34.9 Å². The topological polar surface area (TPSA) is 47.3 Å². The molecule has 0 saturated carbocycles. The van der Waals surface area contributed by atoms with E-state index in [-0.39, 0.29) is 0 Å². The van der Waals surface area contributed by atoms with Crippen LogP contribution in [0, 0.1) is 6.92 Å². The number of ether oxygens (including phenoxy) is 1. The van der Waals surface area contributed by atoms with E-state index in [4.69, 9.17) is 4.74 Å². The minimum Gasteiger partial charge on any atom is -0.493 e. The highest BCUT2D eigenvalue weighted by Gasteiger charge is 2.15. The normalized spacial score (nSPS) is 14.9. The quantitative estimate of drug-likeness (QED) is 0.929. The van der Waals surface area contributed by atoms with E-state index in [1.165, 1.54) is 11.1 Å². The minimum atomic E-state index is -0.451. The van der Waals surface area contributed by atoms with E-state index in [9.17, 15) is 5.11 Å². The van der Waals surface area contributed by atoms with Crippen molar-refractivity contribution in [1.82, 2.24) is 9.78 Å². The molecule has 0 aliphatic carbocycles. The molecule has 2 aromatic rings. The van der Waals surface area contributed by atoms with Crippen LogP contribution >= 0.6 is 0 Å². The standard InChI is InChI=1S/C16H20N2O2/c1-11-14(10-17-18(11)2)15(19)5-3-12-4-6-16-13(9-12)7-8-20-16/h4,6,9-10,15,19H,3,5,7-8H2,1-2H3. The third-order valence-corrected chi connectivity index (χ3v) is 4.09. The number of aryl methyl sites for hydroxylation is 2. The lowest BCUT2D eigenvalue weighted by molar-refractivity contribution is 0.167. The van der Waals surface area contributed by atoms with E-state index in [1.54, 1.807) is 10.9 Å². The van der Waals surface area contributed by atoms with Gasteiger partial charge in [0.1, 0.15) is 5.75 Å². The Morgan fingerprint density at radius 2 is 2.30 bits per heavy atom. The molecule has 1 unspecified atom stereocenters. The van der Waals surface area contributed by atoms with Gasteiger partial charge in [-0.25, -0.2) is 0 Å². The first-order valence-electron chi connectivity index (χ1n) is 7.06. The van der Waals surface area contributed by atoms with Gasteiger partial charge in [0, 0.05) is 24.7 Å². The maximum Gasteiger partial charge on any atom is 0.122 e. The summed E-state index contributed by atoms with van der Waals surface area (Å²) in [6.45, 7) is 2.77. The second kappa shape index (κ2) is 5.29. The van der Waals surface area contributed by atoms with Crippen LogP contribution in [-0.2, 0) is 19.9 Å². The predicted molar refractivity (Wildman–Crippen MR) is 76.9 cm³/mol. The van der Waals surface area contributed by atoms with E-state index in [0.717, 1.165) is 36.5 Å². The number of benzene rings is 1. The Bertz CT molecular complexity index is 619. The fourth-order valence-electron chi connectivity index (χ4n) is 2.70. The average molecular weight is 272 g/mol. The molecule has 0 saturated heterocycles. The number of rotatable bonds is 4. The number of nitrogens with zero attached hydrogens (tertiary/aromatic N) is 2. The summed E-state index contributed by atoms with van der Waals surface area (Å²) in [6.07, 6.45) is 3.88. The van der Waals surface area contributed by atoms with Gasteiger partial charge in [-0.15, -0.1) is 0 Å². The van der Waals surface area contributed by atoms with Gasteiger partial charge >= 0.3 is 0 Å². The Morgan fingerprint density at radius 1 is 1.45 bits per heavy atom. The summed E-state index contributed by atoms with van der Waals surface area (Å²) >= 11 is 0. The smallest absolute Gasteiger partial charge is 0.122 e. The Balaban J connectivity index is 1.66. The van der Waals surface area contributed by atoms with Crippen molar-refractivity contribution >= 4 is 0 Å². The van der Waals surface area contributed by atoms with Crippen molar-refractivity contribution in [2.24, 2.45) is 7.05 Å². The zero-order chi connectivity index (χ0) is 14.1. The Labute approximate surface area is 119 Å². The lowest BCUT2D eigenvalue weighted by Gasteiger charge is -2.11. The third-order valence-electron chi connectivity index (χ3n) is 4.09. The summed E-state index contributed by atoms with van der Waals surface area (Å²) in [5.41, 5.74) is 4.50. The fraction of sp³-hybridized carbons (Fsp3) is 0.438. The zero-order valence-corrected chi connectivity index (χ0v) is 12.0. The molecule has 0 spiro atoms. The first-order valence-corrected chi connectivity index (χ1v) is 7.06. The second-order valence-corrected chi connectivity index (χ2v) is 5.40. The number of aliphatic hydroxyl groups excluding tert-OH is 1. The molecule has 4 heteroatoms. The monoisotopic (exact) mass is 272 g/mol. The minimum absolute atomic E-state index is 0.451. The van der Waals surface area contributed by atoms with Gasteiger partial charge in [-0.1, -0.05) is 12.1 Å². The largest absolute Gasteiger partial charge is 0.493 e. The summed E-state index contributed by atoms with van der Waals surface area (Å²) in [5.74, 6) is 1.01. The van der Waals surface area contributed by atoms with Crippen LogP contribution in [0.4, 0.5) is 0 Å². The van der Waals surface area contributed by atoms with Crippen molar-refractivity contribution in [2.75, 3.05) is 6.61 Å². The predicted octanol–water partition coefficient (Wildman–Crippen LogP) is 2.33. The number of hydrogen-bond acceptors (Lipinski definition) is 3. The van der Waals surface area contributed by atoms with Gasteiger partial charge in [0.2, 0.25) is 0 Å². The highest BCUT2D eigenvalue weighted by Crippen LogP contribution is 2.27. The Hall–Kier alpha value is -1.81. The summed E-state index contributed by atoms with van der Waals surface area (Å²) in [6, 6.07) is 6.33. The van der Waals surface area contributed by atoms with E-state index in [0.29, 0.717) is 6.42 Å². The van der Waals surface area contributed by atoms with Gasteiger partial charge in [0.25, 0.3) is 0 Å². The zero-order valence-electron chi connectivity index (χ0n) is 12.0. The van der Waals surface area contributed by atoms with Gasteiger partial charge in [0.15, 0.2) is 0 Å². The van der Waals surface area contributed by atoms with E-state index in [1.807, 2.05) is 20.0 Å². The second-order valence-electron chi connectivity index (χ2n) is 5.40. The van der Waals surface area contributed by atoms with Gasteiger partial charge in [-0.2, -0.15) is 5.10 Å². The van der Waals surface area contributed by atoms with Gasteiger partial charge in [-0.05, 0) is 37.0 Å². The highest BCUT2D eigenvalue weighted by molar-refractivity contribution is 5.39. The van der Waals surface area contributed by atoms with Crippen molar-refractivity contribution in [3.8, 4) is 5.75 Å². The molecule has 1 aromatic carbocycles. The maximum atomic E-state index is 10.3. The molecule has 1 atom stereocenters. The molecule has 0 fully saturated rings. The SMILES string of the molecule is Cc1c(C(O)CCc2ccc3c(c2)CCO3)cnn1C. The summed E-state index contributed by atoms with van der Waals surface area (Å²) < 4.78 is 7.30. The van der Waals surface area contributed by atoms with Crippen LogP contribution in [0.2, 0.25) is 0 Å². The number of fused-ring (bicyclic) bond motifs is 1. The van der Waals surface area contributed by atoms with E-state index < -0.39 is 6.10 Å². The van der Waals surface area contributed by atoms with Gasteiger partial charge in [0.05, 0.1) is 18.9 Å². The molecule has 3 rings (SSSR count). The van der Waals surface area contributed by atoms with Crippen molar-refractivity contribution in [3.05, 3.63) is 46.8 Å².